The number of thiophene rings is 1. The first-order chi connectivity index (χ1) is 8.92. The summed E-state index contributed by atoms with van der Waals surface area (Å²) in [6.45, 7) is 1.73. The summed E-state index contributed by atoms with van der Waals surface area (Å²) in [5.41, 5.74) is 1.46. The fourth-order valence-electron chi connectivity index (χ4n) is 1.50. The minimum absolute atomic E-state index is 0.158. The van der Waals surface area contributed by atoms with Gasteiger partial charge in [-0.05, 0) is 52.7 Å². The second kappa shape index (κ2) is 5.62. The average Bonchev–Trinajstić information content (AvgIpc) is 2.83. The lowest BCUT2D eigenvalue weighted by Crippen LogP contribution is -2.11. The van der Waals surface area contributed by atoms with E-state index in [1.54, 1.807) is 18.2 Å². The molecule has 0 aliphatic heterocycles. The summed E-state index contributed by atoms with van der Waals surface area (Å²) in [4.78, 5) is 0.615. The monoisotopic (exact) mass is 361 g/mol. The lowest BCUT2D eigenvalue weighted by molar-refractivity contribution is 0.285. The van der Waals surface area contributed by atoms with Crippen molar-refractivity contribution in [1.82, 2.24) is 0 Å². The van der Waals surface area contributed by atoms with Crippen LogP contribution in [0.15, 0.2) is 39.0 Å². The molecular formula is C12H12BrNO3S2. The van der Waals surface area contributed by atoms with Gasteiger partial charge < -0.3 is 5.11 Å². The number of sulfonamides is 1. The van der Waals surface area contributed by atoms with E-state index in [-0.39, 0.29) is 10.8 Å². The van der Waals surface area contributed by atoms with Gasteiger partial charge in [0.25, 0.3) is 10.0 Å². The molecule has 2 aromatic rings. The van der Waals surface area contributed by atoms with Crippen LogP contribution in [0.25, 0.3) is 0 Å². The van der Waals surface area contributed by atoms with Crippen LogP contribution in [0.3, 0.4) is 0 Å². The Morgan fingerprint density at radius 2 is 2.05 bits per heavy atom. The van der Waals surface area contributed by atoms with Gasteiger partial charge in [-0.2, -0.15) is 0 Å². The van der Waals surface area contributed by atoms with Crippen LogP contribution in [0.4, 0.5) is 5.69 Å². The Morgan fingerprint density at radius 1 is 1.32 bits per heavy atom. The summed E-state index contributed by atoms with van der Waals surface area (Å²) in [6.07, 6.45) is 0. The minimum atomic E-state index is -3.61. The minimum Gasteiger partial charge on any atom is -0.391 e. The number of halogens is 1. The molecule has 0 fully saturated rings. The number of aliphatic hydroxyl groups is 1. The van der Waals surface area contributed by atoms with Gasteiger partial charge in [0, 0.05) is 9.35 Å². The Hall–Kier alpha value is -0.890. The molecule has 2 N–H and O–H groups in total. The van der Waals surface area contributed by atoms with Crippen molar-refractivity contribution in [2.45, 2.75) is 17.7 Å². The van der Waals surface area contributed by atoms with Crippen molar-refractivity contribution in [1.29, 1.82) is 0 Å². The van der Waals surface area contributed by atoms with Gasteiger partial charge >= 0.3 is 0 Å². The molecule has 1 heterocycles. The maximum Gasteiger partial charge on any atom is 0.271 e. The summed E-state index contributed by atoms with van der Waals surface area (Å²) in [7, 11) is -3.61. The topological polar surface area (TPSA) is 66.4 Å². The van der Waals surface area contributed by atoms with Crippen LogP contribution in [-0.2, 0) is 16.6 Å². The van der Waals surface area contributed by atoms with Crippen LogP contribution in [0.5, 0.6) is 0 Å². The smallest absolute Gasteiger partial charge is 0.271 e. The van der Waals surface area contributed by atoms with Crippen LogP contribution >= 0.6 is 27.3 Å². The number of rotatable bonds is 4. The summed E-state index contributed by atoms with van der Waals surface area (Å²) in [5, 5.41) is 8.97. The molecule has 0 atom stereocenters. The van der Waals surface area contributed by atoms with Crippen LogP contribution in [0, 0.1) is 6.92 Å². The zero-order valence-electron chi connectivity index (χ0n) is 10.1. The van der Waals surface area contributed by atoms with Crippen molar-refractivity contribution < 1.29 is 13.5 Å². The van der Waals surface area contributed by atoms with E-state index in [4.69, 9.17) is 5.11 Å². The standard InChI is InChI=1S/C12H12BrNO3S2/c1-8-2-4-10(13)11(6-8)14-19(16,17)12-5-3-9(7-15)18-12/h2-6,14-15H,7H2,1H3. The number of nitrogens with one attached hydrogen (secondary N) is 1. The Morgan fingerprint density at radius 3 is 2.68 bits per heavy atom. The molecule has 1 aromatic carbocycles. The summed E-state index contributed by atoms with van der Waals surface area (Å²) in [5.74, 6) is 0. The Balaban J connectivity index is 2.33. The lowest BCUT2D eigenvalue weighted by Gasteiger charge is -2.09. The Kier molecular flexibility index (Phi) is 4.29. The number of aryl methyl sites for hydroxylation is 1. The number of benzene rings is 1. The first-order valence-corrected chi connectivity index (χ1v) is 8.50. The van der Waals surface area contributed by atoms with Gasteiger partial charge in [0.1, 0.15) is 4.21 Å². The van der Waals surface area contributed by atoms with E-state index < -0.39 is 10.0 Å². The highest BCUT2D eigenvalue weighted by Crippen LogP contribution is 2.28. The van der Waals surface area contributed by atoms with Crippen LogP contribution in [0.2, 0.25) is 0 Å². The van der Waals surface area contributed by atoms with Gasteiger partial charge in [-0.25, -0.2) is 8.42 Å². The highest BCUT2D eigenvalue weighted by atomic mass is 79.9. The molecule has 2 rings (SSSR count). The average molecular weight is 362 g/mol. The molecular weight excluding hydrogens is 350 g/mol. The van der Waals surface area contributed by atoms with E-state index in [0.29, 0.717) is 15.0 Å². The quantitative estimate of drug-likeness (QED) is 0.878. The van der Waals surface area contributed by atoms with Crippen molar-refractivity contribution >= 4 is 43.0 Å². The van der Waals surface area contributed by atoms with Gasteiger partial charge in [-0.3, -0.25) is 4.72 Å². The lowest BCUT2D eigenvalue weighted by atomic mass is 10.2. The fraction of sp³-hybridized carbons (Fsp3) is 0.167. The van der Waals surface area contributed by atoms with Gasteiger partial charge in [0.15, 0.2) is 0 Å². The fourth-order valence-corrected chi connectivity index (χ4v) is 4.26. The summed E-state index contributed by atoms with van der Waals surface area (Å²) in [6, 6.07) is 8.52. The van der Waals surface area contributed by atoms with E-state index in [9.17, 15) is 8.42 Å². The summed E-state index contributed by atoms with van der Waals surface area (Å²) >= 11 is 4.36. The molecule has 7 heteroatoms. The number of hydrogen-bond acceptors (Lipinski definition) is 4. The molecule has 0 spiro atoms. The Bertz CT molecular complexity index is 695. The highest BCUT2D eigenvalue weighted by molar-refractivity contribution is 9.10. The predicted molar refractivity (Wildman–Crippen MR) is 79.9 cm³/mol. The van der Waals surface area contributed by atoms with Crippen molar-refractivity contribution in [2.75, 3.05) is 4.72 Å². The number of aliphatic hydroxyl groups excluding tert-OH is 1. The van der Waals surface area contributed by atoms with Gasteiger partial charge in [-0.1, -0.05) is 6.07 Å². The largest absolute Gasteiger partial charge is 0.391 e. The maximum atomic E-state index is 12.2. The van der Waals surface area contributed by atoms with E-state index in [0.717, 1.165) is 16.9 Å². The maximum absolute atomic E-state index is 12.2. The van der Waals surface area contributed by atoms with Crippen molar-refractivity contribution in [3.05, 3.63) is 45.2 Å². The van der Waals surface area contributed by atoms with Gasteiger partial charge in [0.05, 0.1) is 12.3 Å². The molecule has 4 nitrogen and oxygen atoms in total. The van der Waals surface area contributed by atoms with Crippen molar-refractivity contribution in [2.24, 2.45) is 0 Å². The first-order valence-electron chi connectivity index (χ1n) is 5.41. The van der Waals surface area contributed by atoms with Crippen LogP contribution in [0.1, 0.15) is 10.4 Å². The molecule has 0 saturated heterocycles. The molecule has 102 valence electrons. The highest BCUT2D eigenvalue weighted by Gasteiger charge is 2.18. The second-order valence-corrected chi connectivity index (χ2v) is 7.90. The molecule has 0 bridgehead atoms. The van der Waals surface area contributed by atoms with E-state index in [1.165, 1.54) is 6.07 Å². The number of hydrogen-bond donors (Lipinski definition) is 2. The van der Waals surface area contributed by atoms with E-state index in [2.05, 4.69) is 20.7 Å². The van der Waals surface area contributed by atoms with Crippen LogP contribution in [-0.4, -0.2) is 13.5 Å². The van der Waals surface area contributed by atoms with Crippen molar-refractivity contribution in [3.8, 4) is 0 Å². The van der Waals surface area contributed by atoms with E-state index >= 15 is 0 Å². The van der Waals surface area contributed by atoms with E-state index in [1.807, 2.05) is 13.0 Å². The molecule has 0 saturated carbocycles. The van der Waals surface area contributed by atoms with Gasteiger partial charge in [0.2, 0.25) is 0 Å². The predicted octanol–water partition coefficient (Wildman–Crippen LogP) is 3.11. The second-order valence-electron chi connectivity index (χ2n) is 3.97. The zero-order chi connectivity index (χ0) is 14.0. The van der Waals surface area contributed by atoms with Crippen LogP contribution < -0.4 is 4.72 Å². The molecule has 0 aliphatic rings. The molecule has 0 aliphatic carbocycles. The normalized spacial score (nSPS) is 11.5. The van der Waals surface area contributed by atoms with Crippen molar-refractivity contribution in [3.63, 3.8) is 0 Å². The third-order valence-corrected chi connectivity index (χ3v) is 6.04. The summed E-state index contributed by atoms with van der Waals surface area (Å²) < 4.78 is 27.8. The molecule has 19 heavy (non-hydrogen) atoms. The molecule has 0 amide bonds. The number of anilines is 1. The van der Waals surface area contributed by atoms with Gasteiger partial charge in [-0.15, -0.1) is 11.3 Å². The SMILES string of the molecule is Cc1ccc(Br)c(NS(=O)(=O)c2ccc(CO)s2)c1. The third-order valence-electron chi connectivity index (χ3n) is 2.42. The third kappa shape index (κ3) is 3.36. The molecule has 0 unspecified atom stereocenters. The zero-order valence-corrected chi connectivity index (χ0v) is 13.3. The molecule has 0 radical (unpaired) electrons. The first kappa shape index (κ1) is 14.5. The molecule has 1 aromatic heterocycles. The Labute approximate surface area is 124 Å².